The number of rotatable bonds is 4. The average Bonchev–Trinajstić information content (AvgIpc) is 2.62. The summed E-state index contributed by atoms with van der Waals surface area (Å²) in [7, 11) is 4.15. The molecule has 0 radical (unpaired) electrons. The SMILES string of the molecule is COc1ccc(-c2coc3cc(OC)c(O)c(OC)c3c2=O)cc1O. The quantitative estimate of drug-likeness (QED) is 0.751. The van der Waals surface area contributed by atoms with E-state index in [2.05, 4.69) is 0 Å². The van der Waals surface area contributed by atoms with Crippen molar-refractivity contribution in [3.63, 3.8) is 0 Å². The molecule has 1 heterocycles. The maximum absolute atomic E-state index is 12.9. The third-order valence-corrected chi connectivity index (χ3v) is 3.87. The predicted molar refractivity (Wildman–Crippen MR) is 90.9 cm³/mol. The van der Waals surface area contributed by atoms with Gasteiger partial charge in [-0.2, -0.15) is 0 Å². The van der Waals surface area contributed by atoms with Gasteiger partial charge in [-0.1, -0.05) is 6.07 Å². The Morgan fingerprint density at radius 1 is 0.960 bits per heavy atom. The van der Waals surface area contributed by atoms with Gasteiger partial charge in [0.15, 0.2) is 23.0 Å². The lowest BCUT2D eigenvalue weighted by Crippen LogP contribution is -2.07. The zero-order valence-electron chi connectivity index (χ0n) is 13.8. The summed E-state index contributed by atoms with van der Waals surface area (Å²) < 4.78 is 20.8. The monoisotopic (exact) mass is 344 g/mol. The largest absolute Gasteiger partial charge is 0.504 e. The molecule has 3 aromatic rings. The van der Waals surface area contributed by atoms with Gasteiger partial charge in [0.1, 0.15) is 17.2 Å². The van der Waals surface area contributed by atoms with Crippen LogP contribution < -0.4 is 19.6 Å². The molecule has 0 spiro atoms. The van der Waals surface area contributed by atoms with E-state index in [1.165, 1.54) is 45.8 Å². The standard InChI is InChI=1S/C18H16O7/c1-22-12-5-4-9(6-11(12)19)10-8-25-13-7-14(23-2)17(21)18(24-3)15(13)16(10)20/h4-8,19,21H,1-3H3. The van der Waals surface area contributed by atoms with Gasteiger partial charge in [-0.25, -0.2) is 0 Å². The van der Waals surface area contributed by atoms with Gasteiger partial charge in [-0.15, -0.1) is 0 Å². The summed E-state index contributed by atoms with van der Waals surface area (Å²) in [5.74, 6) is -0.0255. The molecule has 25 heavy (non-hydrogen) atoms. The Morgan fingerprint density at radius 2 is 1.68 bits per heavy atom. The minimum Gasteiger partial charge on any atom is -0.504 e. The molecule has 2 aromatic carbocycles. The molecule has 0 atom stereocenters. The number of phenols is 2. The highest BCUT2D eigenvalue weighted by atomic mass is 16.5. The Bertz CT molecular complexity index is 1000. The highest BCUT2D eigenvalue weighted by Crippen LogP contribution is 2.42. The summed E-state index contributed by atoms with van der Waals surface area (Å²) in [5, 5.41) is 20.2. The Balaban J connectivity index is 2.31. The minimum absolute atomic E-state index is 0.0392. The molecular formula is C18H16O7. The van der Waals surface area contributed by atoms with Crippen molar-refractivity contribution >= 4 is 11.0 Å². The second-order valence-corrected chi connectivity index (χ2v) is 5.20. The molecule has 3 rings (SSSR count). The molecule has 0 aliphatic rings. The van der Waals surface area contributed by atoms with Gasteiger partial charge >= 0.3 is 0 Å². The first-order chi connectivity index (χ1) is 12.0. The number of hydrogen-bond acceptors (Lipinski definition) is 7. The van der Waals surface area contributed by atoms with Crippen LogP contribution in [0, 0.1) is 0 Å². The number of hydrogen-bond donors (Lipinski definition) is 2. The fourth-order valence-electron chi connectivity index (χ4n) is 2.63. The van der Waals surface area contributed by atoms with Crippen LogP contribution in [-0.4, -0.2) is 31.5 Å². The number of aromatic hydroxyl groups is 2. The first-order valence-corrected chi connectivity index (χ1v) is 7.28. The summed E-state index contributed by atoms with van der Waals surface area (Å²) in [6.45, 7) is 0. The number of ether oxygens (including phenoxy) is 3. The van der Waals surface area contributed by atoms with Crippen LogP contribution in [0.1, 0.15) is 0 Å². The van der Waals surface area contributed by atoms with Gasteiger partial charge < -0.3 is 28.8 Å². The Kier molecular flexibility index (Phi) is 4.14. The van der Waals surface area contributed by atoms with Gasteiger partial charge in [0.2, 0.25) is 11.2 Å². The molecule has 0 aliphatic heterocycles. The normalized spacial score (nSPS) is 10.7. The topological polar surface area (TPSA) is 98.4 Å². The second kappa shape index (κ2) is 6.27. The van der Waals surface area contributed by atoms with E-state index in [0.717, 1.165) is 0 Å². The number of phenolic OH excluding ortho intramolecular Hbond substituents is 2. The van der Waals surface area contributed by atoms with E-state index in [-0.39, 0.29) is 45.3 Å². The van der Waals surface area contributed by atoms with Crippen molar-refractivity contribution in [1.29, 1.82) is 0 Å². The van der Waals surface area contributed by atoms with Crippen LogP contribution in [0.15, 0.2) is 39.7 Å². The van der Waals surface area contributed by atoms with E-state index < -0.39 is 5.43 Å². The molecule has 0 bridgehead atoms. The fraction of sp³-hybridized carbons (Fsp3) is 0.167. The molecule has 7 nitrogen and oxygen atoms in total. The fourth-order valence-corrected chi connectivity index (χ4v) is 2.63. The van der Waals surface area contributed by atoms with Crippen LogP contribution in [0.5, 0.6) is 28.7 Å². The van der Waals surface area contributed by atoms with Crippen molar-refractivity contribution in [2.75, 3.05) is 21.3 Å². The van der Waals surface area contributed by atoms with Gasteiger partial charge in [-0.3, -0.25) is 4.79 Å². The Hall–Kier alpha value is -3.35. The van der Waals surface area contributed by atoms with E-state index in [9.17, 15) is 15.0 Å². The molecule has 7 heteroatoms. The minimum atomic E-state index is -0.416. The molecule has 0 aliphatic carbocycles. The van der Waals surface area contributed by atoms with Crippen LogP contribution in [-0.2, 0) is 0 Å². The van der Waals surface area contributed by atoms with Crippen molar-refractivity contribution in [2.24, 2.45) is 0 Å². The third-order valence-electron chi connectivity index (χ3n) is 3.87. The lowest BCUT2D eigenvalue weighted by molar-refractivity contribution is 0.342. The summed E-state index contributed by atoms with van der Waals surface area (Å²) in [5.41, 5.74) is 0.429. The summed E-state index contributed by atoms with van der Waals surface area (Å²) in [4.78, 5) is 12.9. The van der Waals surface area contributed by atoms with Crippen molar-refractivity contribution < 1.29 is 28.8 Å². The zero-order chi connectivity index (χ0) is 18.1. The van der Waals surface area contributed by atoms with E-state index in [4.69, 9.17) is 18.6 Å². The first-order valence-electron chi connectivity index (χ1n) is 7.28. The molecule has 0 fully saturated rings. The molecule has 130 valence electrons. The van der Waals surface area contributed by atoms with Crippen molar-refractivity contribution in [3.8, 4) is 39.9 Å². The van der Waals surface area contributed by atoms with Crippen LogP contribution in [0.4, 0.5) is 0 Å². The maximum Gasteiger partial charge on any atom is 0.204 e. The molecule has 0 saturated heterocycles. The van der Waals surface area contributed by atoms with Gasteiger partial charge in [-0.05, 0) is 17.7 Å². The van der Waals surface area contributed by atoms with Crippen LogP contribution in [0.2, 0.25) is 0 Å². The third kappa shape index (κ3) is 2.59. The second-order valence-electron chi connectivity index (χ2n) is 5.20. The molecule has 0 saturated carbocycles. The maximum atomic E-state index is 12.9. The van der Waals surface area contributed by atoms with Crippen molar-refractivity contribution in [1.82, 2.24) is 0 Å². The molecular weight excluding hydrogens is 328 g/mol. The molecule has 1 aromatic heterocycles. The van der Waals surface area contributed by atoms with Crippen LogP contribution >= 0.6 is 0 Å². The lowest BCUT2D eigenvalue weighted by Gasteiger charge is -2.12. The molecule has 0 unspecified atom stereocenters. The number of fused-ring (bicyclic) bond motifs is 1. The zero-order valence-corrected chi connectivity index (χ0v) is 13.8. The smallest absolute Gasteiger partial charge is 0.204 e. The predicted octanol–water partition coefficient (Wildman–Crippen LogP) is 2.90. The summed E-state index contributed by atoms with van der Waals surface area (Å²) >= 11 is 0. The number of methoxy groups -OCH3 is 3. The van der Waals surface area contributed by atoms with E-state index in [1.807, 2.05) is 0 Å². The average molecular weight is 344 g/mol. The number of benzene rings is 2. The molecule has 0 amide bonds. The van der Waals surface area contributed by atoms with Gasteiger partial charge in [0.05, 0.1) is 26.9 Å². The van der Waals surface area contributed by atoms with Gasteiger partial charge in [0.25, 0.3) is 0 Å². The molecule has 2 N–H and O–H groups in total. The van der Waals surface area contributed by atoms with E-state index >= 15 is 0 Å². The lowest BCUT2D eigenvalue weighted by atomic mass is 10.0. The first kappa shape index (κ1) is 16.5. The van der Waals surface area contributed by atoms with E-state index in [0.29, 0.717) is 5.56 Å². The van der Waals surface area contributed by atoms with Crippen molar-refractivity contribution in [2.45, 2.75) is 0 Å². The van der Waals surface area contributed by atoms with Crippen molar-refractivity contribution in [3.05, 3.63) is 40.8 Å². The summed E-state index contributed by atoms with van der Waals surface area (Å²) in [6.07, 6.45) is 1.28. The Morgan fingerprint density at radius 3 is 2.28 bits per heavy atom. The highest BCUT2D eigenvalue weighted by molar-refractivity contribution is 5.91. The Labute approximate surface area is 142 Å². The summed E-state index contributed by atoms with van der Waals surface area (Å²) in [6, 6.07) is 5.96. The van der Waals surface area contributed by atoms with Gasteiger partial charge in [0, 0.05) is 6.07 Å². The van der Waals surface area contributed by atoms with Crippen LogP contribution in [0.3, 0.4) is 0 Å². The van der Waals surface area contributed by atoms with Crippen LogP contribution in [0.25, 0.3) is 22.1 Å². The van der Waals surface area contributed by atoms with E-state index in [1.54, 1.807) is 6.07 Å². The highest BCUT2D eigenvalue weighted by Gasteiger charge is 2.20.